The van der Waals surface area contributed by atoms with E-state index in [-0.39, 0.29) is 11.9 Å². The lowest BCUT2D eigenvalue weighted by Gasteiger charge is -2.17. The van der Waals surface area contributed by atoms with E-state index in [4.69, 9.17) is 5.73 Å². The van der Waals surface area contributed by atoms with Gasteiger partial charge in [-0.15, -0.1) is 0 Å². The molecule has 0 aromatic heterocycles. The zero-order valence-electron chi connectivity index (χ0n) is 9.53. The van der Waals surface area contributed by atoms with Gasteiger partial charge in [0, 0.05) is 4.47 Å². The Labute approximate surface area is 105 Å². The van der Waals surface area contributed by atoms with Crippen molar-refractivity contribution in [2.45, 2.75) is 32.4 Å². The summed E-state index contributed by atoms with van der Waals surface area (Å²) in [5.41, 5.74) is 6.72. The van der Waals surface area contributed by atoms with Gasteiger partial charge in [-0.25, -0.2) is 0 Å². The number of amides is 1. The van der Waals surface area contributed by atoms with Crippen LogP contribution in [0.2, 0.25) is 0 Å². The van der Waals surface area contributed by atoms with Crippen LogP contribution in [0.1, 0.15) is 31.9 Å². The molecule has 3 N–H and O–H groups in total. The van der Waals surface area contributed by atoms with Crippen molar-refractivity contribution in [2.24, 2.45) is 5.73 Å². The van der Waals surface area contributed by atoms with E-state index >= 15 is 0 Å². The van der Waals surface area contributed by atoms with Crippen LogP contribution in [-0.4, -0.2) is 11.9 Å². The zero-order chi connectivity index (χ0) is 12.1. The van der Waals surface area contributed by atoms with Crippen molar-refractivity contribution >= 4 is 21.8 Å². The number of rotatable bonds is 4. The molecule has 1 amide bonds. The zero-order valence-corrected chi connectivity index (χ0v) is 11.1. The Morgan fingerprint density at radius 3 is 2.50 bits per heavy atom. The molecule has 0 aliphatic heterocycles. The van der Waals surface area contributed by atoms with E-state index in [0.29, 0.717) is 6.42 Å². The normalized spacial score (nSPS) is 14.2. The molecule has 0 heterocycles. The summed E-state index contributed by atoms with van der Waals surface area (Å²) in [5.74, 6) is -0.0991. The number of halogens is 1. The van der Waals surface area contributed by atoms with Gasteiger partial charge in [0.25, 0.3) is 0 Å². The average molecular weight is 285 g/mol. The number of carbonyl (C=O) groups is 1. The standard InChI is InChI=1S/C12H17BrN2O/c1-3-11(14)12(16)15-8(2)9-4-6-10(13)7-5-9/h4-8,11H,3,14H2,1-2H3,(H,15,16)/t8?,11-/m1/s1. The Balaban J connectivity index is 2.62. The first-order valence-electron chi connectivity index (χ1n) is 5.36. The third-order valence-electron chi connectivity index (χ3n) is 2.51. The highest BCUT2D eigenvalue weighted by Crippen LogP contribution is 2.16. The number of benzene rings is 1. The minimum absolute atomic E-state index is 0.0156. The molecular formula is C12H17BrN2O. The van der Waals surface area contributed by atoms with Crippen molar-refractivity contribution in [3.63, 3.8) is 0 Å². The fourth-order valence-electron chi connectivity index (χ4n) is 1.34. The third-order valence-corrected chi connectivity index (χ3v) is 3.03. The third kappa shape index (κ3) is 3.61. The molecular weight excluding hydrogens is 268 g/mol. The van der Waals surface area contributed by atoms with Crippen LogP contribution in [0.5, 0.6) is 0 Å². The topological polar surface area (TPSA) is 55.1 Å². The van der Waals surface area contributed by atoms with Gasteiger partial charge in [-0.05, 0) is 31.0 Å². The van der Waals surface area contributed by atoms with Crippen LogP contribution < -0.4 is 11.1 Å². The Morgan fingerprint density at radius 2 is 2.00 bits per heavy atom. The first kappa shape index (κ1) is 13.2. The van der Waals surface area contributed by atoms with Crippen LogP contribution in [0, 0.1) is 0 Å². The highest BCUT2D eigenvalue weighted by Gasteiger charge is 2.14. The number of hydrogen-bond donors (Lipinski definition) is 2. The summed E-state index contributed by atoms with van der Waals surface area (Å²) in [7, 11) is 0. The van der Waals surface area contributed by atoms with E-state index in [1.165, 1.54) is 0 Å². The molecule has 0 aliphatic carbocycles. The second-order valence-electron chi connectivity index (χ2n) is 3.80. The minimum atomic E-state index is -0.419. The SMILES string of the molecule is CC[C@@H](N)C(=O)NC(C)c1ccc(Br)cc1. The maximum absolute atomic E-state index is 11.6. The summed E-state index contributed by atoms with van der Waals surface area (Å²) in [5, 5.41) is 2.89. The van der Waals surface area contributed by atoms with Crippen LogP contribution in [0.25, 0.3) is 0 Å². The minimum Gasteiger partial charge on any atom is -0.348 e. The fourth-order valence-corrected chi connectivity index (χ4v) is 1.60. The molecule has 0 fully saturated rings. The smallest absolute Gasteiger partial charge is 0.237 e. The molecule has 1 rings (SSSR count). The van der Waals surface area contributed by atoms with Crippen LogP contribution in [0.3, 0.4) is 0 Å². The van der Waals surface area contributed by atoms with Gasteiger partial charge in [0.15, 0.2) is 0 Å². The molecule has 0 spiro atoms. The molecule has 1 aromatic rings. The number of nitrogens with one attached hydrogen (secondary N) is 1. The molecule has 2 atom stereocenters. The Morgan fingerprint density at radius 1 is 1.44 bits per heavy atom. The van der Waals surface area contributed by atoms with Crippen LogP contribution in [0.15, 0.2) is 28.7 Å². The second-order valence-corrected chi connectivity index (χ2v) is 4.71. The predicted octanol–water partition coefficient (Wildman–Crippen LogP) is 2.36. The van der Waals surface area contributed by atoms with Gasteiger partial charge in [0.2, 0.25) is 5.91 Å². The Bertz CT molecular complexity index is 351. The molecule has 0 saturated carbocycles. The van der Waals surface area contributed by atoms with E-state index in [2.05, 4.69) is 21.2 Å². The molecule has 0 aliphatic rings. The lowest BCUT2D eigenvalue weighted by molar-refractivity contribution is -0.123. The molecule has 16 heavy (non-hydrogen) atoms. The van der Waals surface area contributed by atoms with Crippen molar-refractivity contribution in [3.05, 3.63) is 34.3 Å². The van der Waals surface area contributed by atoms with E-state index in [1.54, 1.807) is 0 Å². The molecule has 0 bridgehead atoms. The van der Waals surface area contributed by atoms with Crippen LogP contribution >= 0.6 is 15.9 Å². The van der Waals surface area contributed by atoms with E-state index < -0.39 is 6.04 Å². The van der Waals surface area contributed by atoms with Crippen molar-refractivity contribution in [1.29, 1.82) is 0 Å². The lowest BCUT2D eigenvalue weighted by Crippen LogP contribution is -2.41. The van der Waals surface area contributed by atoms with Gasteiger partial charge in [-0.2, -0.15) is 0 Å². The van der Waals surface area contributed by atoms with Gasteiger partial charge >= 0.3 is 0 Å². The molecule has 88 valence electrons. The predicted molar refractivity (Wildman–Crippen MR) is 69.0 cm³/mol. The van der Waals surface area contributed by atoms with Crippen LogP contribution in [0.4, 0.5) is 0 Å². The average Bonchev–Trinajstić information content (AvgIpc) is 2.28. The van der Waals surface area contributed by atoms with Gasteiger partial charge < -0.3 is 11.1 Å². The highest BCUT2D eigenvalue weighted by atomic mass is 79.9. The first-order valence-corrected chi connectivity index (χ1v) is 6.15. The highest BCUT2D eigenvalue weighted by molar-refractivity contribution is 9.10. The summed E-state index contributed by atoms with van der Waals surface area (Å²) in [6, 6.07) is 7.44. The number of hydrogen-bond acceptors (Lipinski definition) is 2. The first-order chi connectivity index (χ1) is 7.54. The lowest BCUT2D eigenvalue weighted by atomic mass is 10.1. The quantitative estimate of drug-likeness (QED) is 0.892. The Kier molecular flexibility index (Phi) is 4.96. The van der Waals surface area contributed by atoms with Crippen molar-refractivity contribution < 1.29 is 4.79 Å². The van der Waals surface area contributed by atoms with E-state index in [0.717, 1.165) is 10.0 Å². The second kappa shape index (κ2) is 6.01. The maximum Gasteiger partial charge on any atom is 0.237 e. The van der Waals surface area contributed by atoms with Crippen molar-refractivity contribution in [1.82, 2.24) is 5.32 Å². The molecule has 0 radical (unpaired) electrons. The molecule has 4 heteroatoms. The molecule has 0 saturated heterocycles. The summed E-state index contributed by atoms with van der Waals surface area (Å²) in [4.78, 5) is 11.6. The molecule has 1 aromatic carbocycles. The molecule has 3 nitrogen and oxygen atoms in total. The van der Waals surface area contributed by atoms with E-state index in [9.17, 15) is 4.79 Å². The summed E-state index contributed by atoms with van der Waals surface area (Å²) < 4.78 is 1.03. The van der Waals surface area contributed by atoms with E-state index in [1.807, 2.05) is 38.1 Å². The van der Waals surface area contributed by atoms with Gasteiger partial charge in [-0.1, -0.05) is 35.0 Å². The van der Waals surface area contributed by atoms with Gasteiger partial charge in [0.05, 0.1) is 12.1 Å². The van der Waals surface area contributed by atoms with Crippen molar-refractivity contribution in [2.75, 3.05) is 0 Å². The largest absolute Gasteiger partial charge is 0.348 e. The van der Waals surface area contributed by atoms with Crippen LogP contribution in [-0.2, 0) is 4.79 Å². The van der Waals surface area contributed by atoms with Gasteiger partial charge in [-0.3, -0.25) is 4.79 Å². The summed E-state index contributed by atoms with van der Waals surface area (Å²) >= 11 is 3.37. The van der Waals surface area contributed by atoms with Crippen molar-refractivity contribution in [3.8, 4) is 0 Å². The summed E-state index contributed by atoms with van der Waals surface area (Å²) in [6.07, 6.45) is 0.652. The Hall–Kier alpha value is -0.870. The summed E-state index contributed by atoms with van der Waals surface area (Å²) in [6.45, 7) is 3.85. The molecule has 1 unspecified atom stereocenters. The monoisotopic (exact) mass is 284 g/mol. The maximum atomic E-state index is 11.6. The number of carbonyl (C=O) groups excluding carboxylic acids is 1. The fraction of sp³-hybridized carbons (Fsp3) is 0.417. The van der Waals surface area contributed by atoms with Gasteiger partial charge in [0.1, 0.15) is 0 Å². The number of nitrogens with two attached hydrogens (primary N) is 1.